The van der Waals surface area contributed by atoms with Crippen molar-refractivity contribution in [3.05, 3.63) is 57.3 Å². The fraction of sp³-hybridized carbons (Fsp3) is 0.360. The number of hydrogen-bond acceptors (Lipinski definition) is 6. The molecule has 0 spiro atoms. The maximum atomic E-state index is 13.5. The maximum Gasteiger partial charge on any atom is 0.416 e. The number of ketones is 1. The van der Waals surface area contributed by atoms with Crippen LogP contribution in [0.3, 0.4) is 0 Å². The number of carbonyl (C=O) groups is 1. The van der Waals surface area contributed by atoms with E-state index < -0.39 is 17.3 Å². The molecule has 0 saturated heterocycles. The monoisotopic (exact) mass is 541 g/mol. The predicted molar refractivity (Wildman–Crippen MR) is 138 cm³/mol. The summed E-state index contributed by atoms with van der Waals surface area (Å²) >= 11 is 7.05. The number of aromatic amines is 1. The average molecular weight is 542 g/mol. The molecule has 0 fully saturated rings. The minimum Gasteiger partial charge on any atom is -0.507 e. The van der Waals surface area contributed by atoms with Gasteiger partial charge in [0.05, 0.1) is 16.2 Å². The standard InChI is InChI=1S/C25H27ClF3N3O3S/c1-30-9-11-32(2)10-3-4-17(33)14-36-23-22(19-13-16(26)6-8-21(19)34)18-12-15(25(27,28)29)5-7-20(18)31-24(23)35/h5-8,12-13,30,34H,3-4,9-11,14H2,1-2H3,(H,31,35). The number of alkyl halides is 3. The Bertz CT molecular complexity index is 1300. The molecule has 0 unspecified atom stereocenters. The van der Waals surface area contributed by atoms with Crippen LogP contribution in [0, 0.1) is 0 Å². The van der Waals surface area contributed by atoms with E-state index in [4.69, 9.17) is 11.6 Å². The van der Waals surface area contributed by atoms with Crippen LogP contribution >= 0.6 is 23.4 Å². The molecule has 3 rings (SSSR count). The highest BCUT2D eigenvalue weighted by Gasteiger charge is 2.31. The minimum absolute atomic E-state index is 0.0396. The Morgan fingerprint density at radius 1 is 1.19 bits per heavy atom. The number of H-pyrrole nitrogens is 1. The molecule has 0 amide bonds. The lowest BCUT2D eigenvalue weighted by Gasteiger charge is -2.16. The summed E-state index contributed by atoms with van der Waals surface area (Å²) in [6.07, 6.45) is -3.66. The van der Waals surface area contributed by atoms with Crippen molar-refractivity contribution in [3.63, 3.8) is 0 Å². The number of phenols is 1. The van der Waals surface area contributed by atoms with Gasteiger partial charge in [-0.15, -0.1) is 11.8 Å². The van der Waals surface area contributed by atoms with E-state index in [9.17, 15) is 27.9 Å². The maximum absolute atomic E-state index is 13.5. The number of Topliss-reactive ketones (excluding diaryl/α,β-unsaturated/α-hetero) is 1. The summed E-state index contributed by atoms with van der Waals surface area (Å²) in [5.74, 6) is -0.379. The van der Waals surface area contributed by atoms with Crippen LogP contribution in [-0.2, 0) is 11.0 Å². The van der Waals surface area contributed by atoms with Crippen LogP contribution in [-0.4, -0.2) is 60.3 Å². The van der Waals surface area contributed by atoms with Gasteiger partial charge in [0.1, 0.15) is 11.5 Å². The first-order valence-corrected chi connectivity index (χ1v) is 12.6. The second-order valence-corrected chi connectivity index (χ2v) is 9.84. The molecule has 1 aromatic heterocycles. The Morgan fingerprint density at radius 3 is 2.64 bits per heavy atom. The van der Waals surface area contributed by atoms with Gasteiger partial charge in [-0.1, -0.05) is 11.6 Å². The summed E-state index contributed by atoms with van der Waals surface area (Å²) in [5, 5.41) is 13.9. The molecule has 0 bridgehead atoms. The van der Waals surface area contributed by atoms with E-state index in [1.807, 2.05) is 14.1 Å². The largest absolute Gasteiger partial charge is 0.507 e. The minimum atomic E-state index is -4.61. The van der Waals surface area contributed by atoms with E-state index in [2.05, 4.69) is 15.2 Å². The summed E-state index contributed by atoms with van der Waals surface area (Å²) in [5.41, 5.74) is -1.09. The molecule has 1 heterocycles. The van der Waals surface area contributed by atoms with Crippen molar-refractivity contribution in [2.24, 2.45) is 0 Å². The Labute approximate surface area is 215 Å². The lowest BCUT2D eigenvalue weighted by Crippen LogP contribution is -2.28. The Morgan fingerprint density at radius 2 is 1.94 bits per heavy atom. The third kappa shape index (κ3) is 7.03. The smallest absolute Gasteiger partial charge is 0.416 e. The van der Waals surface area contributed by atoms with Crippen molar-refractivity contribution >= 4 is 40.0 Å². The molecule has 0 saturated carbocycles. The molecule has 0 aliphatic rings. The first-order chi connectivity index (χ1) is 17.0. The molecule has 0 radical (unpaired) electrons. The first-order valence-electron chi connectivity index (χ1n) is 11.2. The lowest BCUT2D eigenvalue weighted by molar-refractivity contribution is -0.137. The Kier molecular flexibility index (Phi) is 9.46. The van der Waals surface area contributed by atoms with Gasteiger partial charge >= 0.3 is 6.18 Å². The van der Waals surface area contributed by atoms with Gasteiger partial charge in [-0.05, 0) is 63.5 Å². The lowest BCUT2D eigenvalue weighted by atomic mass is 9.98. The number of hydrogen-bond donors (Lipinski definition) is 3. The van der Waals surface area contributed by atoms with E-state index in [-0.39, 0.29) is 49.2 Å². The first kappa shape index (κ1) is 28.0. The van der Waals surface area contributed by atoms with Crippen molar-refractivity contribution in [1.82, 2.24) is 15.2 Å². The van der Waals surface area contributed by atoms with Gasteiger partial charge in [0, 0.05) is 46.6 Å². The number of benzene rings is 2. The average Bonchev–Trinajstić information content (AvgIpc) is 2.81. The molecule has 3 N–H and O–H groups in total. The fourth-order valence-electron chi connectivity index (χ4n) is 3.75. The van der Waals surface area contributed by atoms with Crippen molar-refractivity contribution in [2.45, 2.75) is 23.9 Å². The zero-order valence-corrected chi connectivity index (χ0v) is 21.4. The third-order valence-electron chi connectivity index (χ3n) is 5.64. The number of aromatic hydroxyl groups is 1. The number of carbonyl (C=O) groups excluding carboxylic acids is 1. The van der Waals surface area contributed by atoms with E-state index >= 15 is 0 Å². The van der Waals surface area contributed by atoms with Crippen LogP contribution < -0.4 is 10.9 Å². The number of thioether (sulfide) groups is 1. The SMILES string of the molecule is CNCCN(C)CCCC(=O)CSc1c(-c2cc(Cl)ccc2O)c2cc(C(F)(F)F)ccc2[nH]c1=O. The topological polar surface area (TPSA) is 85.4 Å². The van der Waals surface area contributed by atoms with Crippen LogP contribution in [0.15, 0.2) is 46.1 Å². The highest BCUT2D eigenvalue weighted by atomic mass is 35.5. The van der Waals surface area contributed by atoms with E-state index in [0.29, 0.717) is 12.8 Å². The van der Waals surface area contributed by atoms with E-state index in [0.717, 1.165) is 43.5 Å². The van der Waals surface area contributed by atoms with E-state index in [1.54, 1.807) is 0 Å². The zero-order chi connectivity index (χ0) is 26.5. The Hall–Kier alpha value is -2.53. The van der Waals surface area contributed by atoms with Crippen LogP contribution in [0.2, 0.25) is 5.02 Å². The van der Waals surface area contributed by atoms with Crippen molar-refractivity contribution < 1.29 is 23.1 Å². The number of nitrogens with zero attached hydrogens (tertiary/aromatic N) is 1. The second-order valence-electron chi connectivity index (χ2n) is 8.42. The summed E-state index contributed by atoms with van der Waals surface area (Å²) in [6.45, 7) is 2.41. The van der Waals surface area contributed by atoms with Crippen molar-refractivity contribution in [3.8, 4) is 16.9 Å². The number of phenolic OH excluding ortho intramolecular Hbond substituents is 1. The zero-order valence-electron chi connectivity index (χ0n) is 19.8. The van der Waals surface area contributed by atoms with Crippen molar-refractivity contribution in [2.75, 3.05) is 39.5 Å². The van der Waals surface area contributed by atoms with Gasteiger partial charge < -0.3 is 20.3 Å². The molecule has 11 heteroatoms. The Balaban J connectivity index is 1.96. The molecule has 3 aromatic rings. The molecule has 0 aliphatic heterocycles. The van der Waals surface area contributed by atoms with Crippen LogP contribution in [0.4, 0.5) is 13.2 Å². The highest BCUT2D eigenvalue weighted by Crippen LogP contribution is 2.42. The van der Waals surface area contributed by atoms with E-state index in [1.165, 1.54) is 24.3 Å². The van der Waals surface area contributed by atoms with Gasteiger partial charge in [-0.2, -0.15) is 13.2 Å². The summed E-state index contributed by atoms with van der Waals surface area (Å²) in [7, 11) is 3.83. The van der Waals surface area contributed by atoms with Gasteiger partial charge in [-0.3, -0.25) is 9.59 Å². The summed E-state index contributed by atoms with van der Waals surface area (Å²) in [4.78, 5) is 30.3. The van der Waals surface area contributed by atoms with Gasteiger partial charge in [-0.25, -0.2) is 0 Å². The molecule has 0 atom stereocenters. The molecule has 2 aromatic carbocycles. The number of rotatable bonds is 11. The predicted octanol–water partition coefficient (Wildman–Crippen LogP) is 5.17. The molecular formula is C25H27ClF3N3O3S. The number of aromatic nitrogens is 1. The molecule has 36 heavy (non-hydrogen) atoms. The number of likely N-dealkylation sites (N-methyl/N-ethyl adjacent to an activating group) is 2. The van der Waals surface area contributed by atoms with Crippen molar-refractivity contribution in [1.29, 1.82) is 0 Å². The molecular weight excluding hydrogens is 515 g/mol. The fourth-order valence-corrected chi connectivity index (χ4v) is 4.92. The molecule has 194 valence electrons. The number of nitrogens with one attached hydrogen (secondary N) is 2. The second kappa shape index (κ2) is 12.1. The normalized spacial score (nSPS) is 12.0. The molecule has 0 aliphatic carbocycles. The third-order valence-corrected chi connectivity index (χ3v) is 7.02. The highest BCUT2D eigenvalue weighted by molar-refractivity contribution is 8.00. The van der Waals surface area contributed by atoms with Gasteiger partial charge in [0.25, 0.3) is 5.56 Å². The quantitative estimate of drug-likeness (QED) is 0.291. The van der Waals surface area contributed by atoms with Crippen LogP contribution in [0.1, 0.15) is 18.4 Å². The number of pyridine rings is 1. The molecule has 6 nitrogen and oxygen atoms in total. The number of fused-ring (bicyclic) bond motifs is 1. The van der Waals surface area contributed by atoms with Gasteiger partial charge in [0.15, 0.2) is 0 Å². The number of halogens is 4. The van der Waals surface area contributed by atoms with Gasteiger partial charge in [0.2, 0.25) is 0 Å². The summed E-state index contributed by atoms with van der Waals surface area (Å²) in [6, 6.07) is 7.11. The summed E-state index contributed by atoms with van der Waals surface area (Å²) < 4.78 is 40.4. The van der Waals surface area contributed by atoms with Crippen LogP contribution in [0.5, 0.6) is 5.75 Å². The van der Waals surface area contributed by atoms with Crippen LogP contribution in [0.25, 0.3) is 22.0 Å².